The van der Waals surface area contributed by atoms with Crippen LogP contribution in [0.25, 0.3) is 11.1 Å². The highest BCUT2D eigenvalue weighted by Crippen LogP contribution is 2.22. The summed E-state index contributed by atoms with van der Waals surface area (Å²) in [7, 11) is -2.05. The number of hydrogen-bond donors (Lipinski definition) is 1. The standard InChI is InChI=1S/C20H18FNO3S/c1-25-19-10-6-17(7-11-19)16-4-2-15(3-5-16)14-22-26(23,24)20-12-8-18(21)9-13-20/h2-13,22H,14H2,1H3. The van der Waals surface area contributed by atoms with Gasteiger partial charge in [0, 0.05) is 6.54 Å². The van der Waals surface area contributed by atoms with Crippen LogP contribution in [0.1, 0.15) is 5.56 Å². The molecule has 0 aliphatic carbocycles. The fraction of sp³-hybridized carbons (Fsp3) is 0.100. The fourth-order valence-corrected chi connectivity index (χ4v) is 3.49. The molecular weight excluding hydrogens is 353 g/mol. The lowest BCUT2D eigenvalue weighted by atomic mass is 10.0. The summed E-state index contributed by atoms with van der Waals surface area (Å²) < 4.78 is 45.0. The van der Waals surface area contributed by atoms with Gasteiger partial charge in [0.15, 0.2) is 0 Å². The Kier molecular flexibility index (Phi) is 5.35. The lowest BCUT2D eigenvalue weighted by Gasteiger charge is -2.08. The Morgan fingerprint density at radius 2 is 1.38 bits per heavy atom. The van der Waals surface area contributed by atoms with Crippen LogP contribution >= 0.6 is 0 Å². The first-order valence-electron chi connectivity index (χ1n) is 7.96. The third-order valence-corrected chi connectivity index (χ3v) is 5.38. The van der Waals surface area contributed by atoms with Crippen molar-refractivity contribution in [1.29, 1.82) is 0 Å². The van der Waals surface area contributed by atoms with E-state index in [1.165, 1.54) is 12.1 Å². The van der Waals surface area contributed by atoms with E-state index < -0.39 is 15.8 Å². The molecule has 0 unspecified atom stereocenters. The van der Waals surface area contributed by atoms with Crippen molar-refractivity contribution in [3.63, 3.8) is 0 Å². The first kappa shape index (κ1) is 18.1. The lowest BCUT2D eigenvalue weighted by Crippen LogP contribution is -2.23. The summed E-state index contributed by atoms with van der Waals surface area (Å²) in [5.41, 5.74) is 2.90. The molecule has 3 rings (SSSR count). The molecule has 3 aromatic rings. The van der Waals surface area contributed by atoms with Gasteiger partial charge in [0.25, 0.3) is 0 Å². The summed E-state index contributed by atoms with van der Waals surface area (Å²) in [5, 5.41) is 0. The van der Waals surface area contributed by atoms with Crippen LogP contribution in [0.4, 0.5) is 4.39 Å². The van der Waals surface area contributed by atoms with E-state index in [9.17, 15) is 12.8 Å². The molecule has 26 heavy (non-hydrogen) atoms. The van der Waals surface area contributed by atoms with Crippen LogP contribution in [-0.2, 0) is 16.6 Å². The SMILES string of the molecule is COc1ccc(-c2ccc(CNS(=O)(=O)c3ccc(F)cc3)cc2)cc1. The number of rotatable bonds is 6. The third kappa shape index (κ3) is 4.28. The number of nitrogens with one attached hydrogen (secondary N) is 1. The summed E-state index contributed by atoms with van der Waals surface area (Å²) in [5.74, 6) is 0.318. The largest absolute Gasteiger partial charge is 0.497 e. The molecule has 0 amide bonds. The molecule has 0 atom stereocenters. The zero-order chi connectivity index (χ0) is 18.6. The van der Waals surface area contributed by atoms with Crippen molar-refractivity contribution in [3.8, 4) is 16.9 Å². The lowest BCUT2D eigenvalue weighted by molar-refractivity contribution is 0.415. The van der Waals surface area contributed by atoms with Crippen molar-refractivity contribution in [2.75, 3.05) is 7.11 Å². The second kappa shape index (κ2) is 7.68. The molecule has 4 nitrogen and oxygen atoms in total. The Balaban J connectivity index is 1.68. The Bertz CT molecular complexity index is 967. The Morgan fingerprint density at radius 1 is 0.846 bits per heavy atom. The van der Waals surface area contributed by atoms with Crippen molar-refractivity contribution in [3.05, 3.63) is 84.2 Å². The van der Waals surface area contributed by atoms with Crippen LogP contribution in [0.15, 0.2) is 77.7 Å². The van der Waals surface area contributed by atoms with Gasteiger partial charge >= 0.3 is 0 Å². The van der Waals surface area contributed by atoms with Gasteiger partial charge in [-0.2, -0.15) is 0 Å². The maximum atomic E-state index is 12.9. The number of methoxy groups -OCH3 is 1. The average Bonchev–Trinajstić information content (AvgIpc) is 2.67. The van der Waals surface area contributed by atoms with E-state index in [-0.39, 0.29) is 11.4 Å². The van der Waals surface area contributed by atoms with Crippen molar-refractivity contribution in [2.24, 2.45) is 0 Å². The molecule has 0 bridgehead atoms. The first-order valence-corrected chi connectivity index (χ1v) is 9.45. The highest BCUT2D eigenvalue weighted by Gasteiger charge is 2.13. The van der Waals surface area contributed by atoms with E-state index in [1.54, 1.807) is 7.11 Å². The molecule has 0 spiro atoms. The highest BCUT2D eigenvalue weighted by atomic mass is 32.2. The molecule has 1 N–H and O–H groups in total. The van der Waals surface area contributed by atoms with Crippen LogP contribution in [0, 0.1) is 5.82 Å². The van der Waals surface area contributed by atoms with Gasteiger partial charge in [0.1, 0.15) is 11.6 Å². The van der Waals surface area contributed by atoms with Crippen molar-refractivity contribution >= 4 is 10.0 Å². The minimum atomic E-state index is -3.68. The van der Waals surface area contributed by atoms with Gasteiger partial charge in [0.2, 0.25) is 10.0 Å². The van der Waals surface area contributed by atoms with E-state index in [0.29, 0.717) is 0 Å². The first-order chi connectivity index (χ1) is 12.5. The summed E-state index contributed by atoms with van der Waals surface area (Å²) in [4.78, 5) is 0.0359. The molecule has 6 heteroatoms. The van der Waals surface area contributed by atoms with Crippen LogP contribution in [-0.4, -0.2) is 15.5 Å². The van der Waals surface area contributed by atoms with E-state index in [1.807, 2.05) is 48.5 Å². The van der Waals surface area contributed by atoms with Gasteiger partial charge in [-0.1, -0.05) is 36.4 Å². The van der Waals surface area contributed by atoms with Crippen LogP contribution in [0.2, 0.25) is 0 Å². The molecule has 3 aromatic carbocycles. The molecular formula is C20H18FNO3S. The molecule has 0 aliphatic rings. The Labute approximate surface area is 152 Å². The number of ether oxygens (including phenoxy) is 1. The topological polar surface area (TPSA) is 55.4 Å². The summed E-state index contributed by atoms with van der Waals surface area (Å²) in [6, 6.07) is 20.0. The monoisotopic (exact) mass is 371 g/mol. The number of halogens is 1. The quantitative estimate of drug-likeness (QED) is 0.713. The minimum Gasteiger partial charge on any atom is -0.497 e. The second-order valence-electron chi connectivity index (χ2n) is 5.70. The smallest absolute Gasteiger partial charge is 0.240 e. The van der Waals surface area contributed by atoms with Gasteiger partial charge in [-0.15, -0.1) is 0 Å². The molecule has 0 aromatic heterocycles. The van der Waals surface area contributed by atoms with Crippen LogP contribution < -0.4 is 9.46 Å². The average molecular weight is 371 g/mol. The summed E-state index contributed by atoms with van der Waals surface area (Å²) in [6.07, 6.45) is 0. The maximum absolute atomic E-state index is 12.9. The molecule has 134 valence electrons. The van der Waals surface area contributed by atoms with Gasteiger partial charge in [-0.05, 0) is 53.1 Å². The van der Waals surface area contributed by atoms with Crippen molar-refractivity contribution in [1.82, 2.24) is 4.72 Å². The fourth-order valence-electron chi connectivity index (χ4n) is 2.47. The highest BCUT2D eigenvalue weighted by molar-refractivity contribution is 7.89. The Morgan fingerprint density at radius 3 is 1.92 bits per heavy atom. The van der Waals surface area contributed by atoms with Crippen LogP contribution in [0.3, 0.4) is 0 Å². The zero-order valence-electron chi connectivity index (χ0n) is 14.1. The summed E-state index contributed by atoms with van der Waals surface area (Å²) in [6.45, 7) is 0.155. The predicted octanol–water partition coefficient (Wildman–Crippen LogP) is 3.98. The number of hydrogen-bond acceptors (Lipinski definition) is 3. The van der Waals surface area contributed by atoms with Crippen molar-refractivity contribution in [2.45, 2.75) is 11.4 Å². The third-order valence-electron chi connectivity index (χ3n) is 3.97. The van der Waals surface area contributed by atoms with E-state index in [0.717, 1.165) is 34.6 Å². The predicted molar refractivity (Wildman–Crippen MR) is 98.9 cm³/mol. The zero-order valence-corrected chi connectivity index (χ0v) is 15.0. The van der Waals surface area contributed by atoms with Crippen LogP contribution in [0.5, 0.6) is 5.75 Å². The van der Waals surface area contributed by atoms with Gasteiger partial charge in [-0.3, -0.25) is 0 Å². The number of benzene rings is 3. The van der Waals surface area contributed by atoms with Gasteiger partial charge < -0.3 is 4.74 Å². The molecule has 0 saturated heterocycles. The normalized spacial score (nSPS) is 11.3. The molecule has 0 saturated carbocycles. The minimum absolute atomic E-state index is 0.0359. The van der Waals surface area contributed by atoms with E-state index >= 15 is 0 Å². The van der Waals surface area contributed by atoms with Gasteiger partial charge in [0.05, 0.1) is 12.0 Å². The molecule has 0 radical (unpaired) electrons. The molecule has 0 heterocycles. The summed E-state index contributed by atoms with van der Waals surface area (Å²) >= 11 is 0. The van der Waals surface area contributed by atoms with Gasteiger partial charge in [-0.25, -0.2) is 17.5 Å². The molecule has 0 aliphatic heterocycles. The molecule has 0 fully saturated rings. The second-order valence-corrected chi connectivity index (χ2v) is 7.47. The Hall–Kier alpha value is -2.70. The van der Waals surface area contributed by atoms with E-state index in [2.05, 4.69) is 4.72 Å². The number of sulfonamides is 1. The van der Waals surface area contributed by atoms with Crippen molar-refractivity contribution < 1.29 is 17.5 Å². The van der Waals surface area contributed by atoms with E-state index in [4.69, 9.17) is 4.74 Å². The maximum Gasteiger partial charge on any atom is 0.240 e.